The normalized spacial score (nSPS) is 9.92. The second-order valence-corrected chi connectivity index (χ2v) is 5.38. The number of esters is 2. The summed E-state index contributed by atoms with van der Waals surface area (Å²) < 4.78 is 9.89. The van der Waals surface area contributed by atoms with Gasteiger partial charge >= 0.3 is 11.9 Å². The Hall–Kier alpha value is -3.48. The summed E-state index contributed by atoms with van der Waals surface area (Å²) >= 11 is 0. The number of ketones is 1. The molecule has 0 aliphatic carbocycles. The van der Waals surface area contributed by atoms with Gasteiger partial charge in [-0.05, 0) is 42.5 Å². The van der Waals surface area contributed by atoms with Crippen LogP contribution in [0.2, 0.25) is 0 Å². The van der Waals surface area contributed by atoms with E-state index >= 15 is 0 Å². The lowest BCUT2D eigenvalue weighted by Crippen LogP contribution is -2.15. The summed E-state index contributed by atoms with van der Waals surface area (Å²) in [5.74, 6) is -1.48. The second-order valence-electron chi connectivity index (χ2n) is 5.38. The van der Waals surface area contributed by atoms with Gasteiger partial charge in [-0.3, -0.25) is 14.4 Å². The highest BCUT2D eigenvalue weighted by Crippen LogP contribution is 2.14. The maximum Gasteiger partial charge on any atom is 0.338 e. The van der Waals surface area contributed by atoms with E-state index in [2.05, 4.69) is 5.32 Å². The minimum Gasteiger partial charge on any atom is -0.454 e. The molecule has 0 radical (unpaired) electrons. The first kappa shape index (κ1) is 18.9. The van der Waals surface area contributed by atoms with Crippen LogP contribution >= 0.6 is 0 Å². The first-order chi connectivity index (χ1) is 12.3. The fourth-order valence-electron chi connectivity index (χ4n) is 2.10. The number of rotatable bonds is 6. The Kier molecular flexibility index (Phi) is 6.21. The molecule has 0 fully saturated rings. The number of hydrogen-bond donors (Lipinski definition) is 1. The van der Waals surface area contributed by atoms with Crippen molar-refractivity contribution in [3.63, 3.8) is 0 Å². The number of carbonyl (C=O) groups excluding carboxylic acids is 4. The highest BCUT2D eigenvalue weighted by Gasteiger charge is 2.13. The molecule has 0 spiro atoms. The van der Waals surface area contributed by atoms with Crippen molar-refractivity contribution in [2.24, 2.45) is 0 Å². The standard InChI is InChI=1S/C19H17NO6/c1-12(21)20-16-5-3-4-15(10-16)19(24)25-11-18(23)14-6-8-17(9-7-14)26-13(2)22/h3-10H,11H2,1-2H3,(H,20,21). The average Bonchev–Trinajstić information content (AvgIpc) is 2.59. The molecule has 26 heavy (non-hydrogen) atoms. The third-order valence-electron chi connectivity index (χ3n) is 3.19. The number of anilines is 1. The Balaban J connectivity index is 1.95. The molecule has 0 heterocycles. The number of carbonyl (C=O) groups is 4. The Labute approximate surface area is 149 Å². The molecule has 0 unspecified atom stereocenters. The zero-order valence-corrected chi connectivity index (χ0v) is 14.3. The lowest BCUT2D eigenvalue weighted by Gasteiger charge is -2.07. The molecule has 7 heteroatoms. The predicted octanol–water partition coefficient (Wildman–Crippen LogP) is 2.61. The van der Waals surface area contributed by atoms with Crippen LogP contribution in [0.3, 0.4) is 0 Å². The van der Waals surface area contributed by atoms with Crippen LogP contribution in [0, 0.1) is 0 Å². The Morgan fingerprint density at radius 3 is 2.23 bits per heavy atom. The highest BCUT2D eigenvalue weighted by molar-refractivity contribution is 6.00. The zero-order valence-electron chi connectivity index (χ0n) is 14.3. The first-order valence-corrected chi connectivity index (χ1v) is 7.71. The van der Waals surface area contributed by atoms with Gasteiger partial charge in [-0.1, -0.05) is 6.07 Å². The van der Waals surface area contributed by atoms with Crippen molar-refractivity contribution in [2.45, 2.75) is 13.8 Å². The summed E-state index contributed by atoms with van der Waals surface area (Å²) in [7, 11) is 0. The molecule has 0 bridgehead atoms. The van der Waals surface area contributed by atoms with Crippen molar-refractivity contribution in [1.82, 2.24) is 0 Å². The molecular formula is C19H17NO6. The van der Waals surface area contributed by atoms with Gasteiger partial charge < -0.3 is 14.8 Å². The topological polar surface area (TPSA) is 98.8 Å². The van der Waals surface area contributed by atoms with E-state index in [-0.39, 0.29) is 11.5 Å². The van der Waals surface area contributed by atoms with Crippen LogP contribution in [-0.2, 0) is 14.3 Å². The minimum absolute atomic E-state index is 0.217. The van der Waals surface area contributed by atoms with Crippen LogP contribution in [0.15, 0.2) is 48.5 Å². The molecule has 0 aliphatic rings. The molecule has 2 aromatic carbocycles. The molecule has 2 rings (SSSR count). The molecular weight excluding hydrogens is 338 g/mol. The van der Waals surface area contributed by atoms with E-state index in [9.17, 15) is 19.2 Å². The monoisotopic (exact) mass is 355 g/mol. The Bertz CT molecular complexity index is 841. The highest BCUT2D eigenvalue weighted by atomic mass is 16.5. The van der Waals surface area contributed by atoms with E-state index in [0.29, 0.717) is 17.0 Å². The number of hydrogen-bond acceptors (Lipinski definition) is 6. The van der Waals surface area contributed by atoms with E-state index in [1.807, 2.05) is 0 Å². The van der Waals surface area contributed by atoms with E-state index < -0.39 is 24.3 Å². The molecule has 1 N–H and O–H groups in total. The quantitative estimate of drug-likeness (QED) is 0.486. The van der Waals surface area contributed by atoms with Gasteiger partial charge in [-0.2, -0.15) is 0 Å². The van der Waals surface area contributed by atoms with Gasteiger partial charge in [0.2, 0.25) is 5.91 Å². The molecule has 0 saturated heterocycles. The molecule has 2 aromatic rings. The maximum absolute atomic E-state index is 12.1. The van der Waals surface area contributed by atoms with Crippen molar-refractivity contribution in [2.75, 3.05) is 11.9 Å². The Morgan fingerprint density at radius 1 is 0.923 bits per heavy atom. The van der Waals surface area contributed by atoms with Gasteiger partial charge in [0.05, 0.1) is 5.56 Å². The first-order valence-electron chi connectivity index (χ1n) is 7.71. The van der Waals surface area contributed by atoms with Gasteiger partial charge in [0.15, 0.2) is 12.4 Å². The summed E-state index contributed by atoms with van der Waals surface area (Å²) in [5, 5.41) is 2.56. The van der Waals surface area contributed by atoms with Gasteiger partial charge in [0.1, 0.15) is 5.75 Å². The number of Topliss-reactive ketones (excluding diaryl/α,β-unsaturated/α-hetero) is 1. The van der Waals surface area contributed by atoms with E-state index in [0.717, 1.165) is 0 Å². The summed E-state index contributed by atoms with van der Waals surface area (Å²) in [6.45, 7) is 2.20. The second kappa shape index (κ2) is 8.57. The van der Waals surface area contributed by atoms with Crippen molar-refractivity contribution in [3.8, 4) is 5.75 Å². The third-order valence-corrected chi connectivity index (χ3v) is 3.19. The summed E-state index contributed by atoms with van der Waals surface area (Å²) in [5.41, 5.74) is 0.995. The fraction of sp³-hybridized carbons (Fsp3) is 0.158. The van der Waals surface area contributed by atoms with Crippen molar-refractivity contribution in [1.29, 1.82) is 0 Å². The smallest absolute Gasteiger partial charge is 0.338 e. The SMILES string of the molecule is CC(=O)Nc1cccc(C(=O)OCC(=O)c2ccc(OC(C)=O)cc2)c1. The Morgan fingerprint density at radius 2 is 1.62 bits per heavy atom. The molecule has 0 atom stereocenters. The van der Waals surface area contributed by atoms with Crippen molar-refractivity contribution >= 4 is 29.3 Å². The van der Waals surface area contributed by atoms with Gasteiger partial charge in [0.25, 0.3) is 0 Å². The lowest BCUT2D eigenvalue weighted by atomic mass is 10.1. The van der Waals surface area contributed by atoms with Crippen LogP contribution < -0.4 is 10.1 Å². The number of ether oxygens (including phenoxy) is 2. The molecule has 7 nitrogen and oxygen atoms in total. The van der Waals surface area contributed by atoms with Gasteiger partial charge in [0, 0.05) is 25.1 Å². The summed E-state index contributed by atoms with van der Waals surface area (Å²) in [6, 6.07) is 12.1. The van der Waals surface area contributed by atoms with E-state index in [4.69, 9.17) is 9.47 Å². The summed E-state index contributed by atoms with van der Waals surface area (Å²) in [6.07, 6.45) is 0. The summed E-state index contributed by atoms with van der Waals surface area (Å²) in [4.78, 5) is 46.0. The molecule has 0 aliphatic heterocycles. The van der Waals surface area contributed by atoms with Crippen molar-refractivity contribution < 1.29 is 28.7 Å². The number of benzene rings is 2. The number of amides is 1. The van der Waals surface area contributed by atoms with Crippen LogP contribution in [0.1, 0.15) is 34.6 Å². The maximum atomic E-state index is 12.1. The molecule has 0 saturated carbocycles. The zero-order chi connectivity index (χ0) is 19.1. The van der Waals surface area contributed by atoms with Crippen LogP contribution in [0.4, 0.5) is 5.69 Å². The molecule has 1 amide bonds. The van der Waals surface area contributed by atoms with E-state index in [1.54, 1.807) is 12.1 Å². The fourth-order valence-corrected chi connectivity index (χ4v) is 2.10. The van der Waals surface area contributed by atoms with Gasteiger partial charge in [-0.15, -0.1) is 0 Å². The van der Waals surface area contributed by atoms with Crippen molar-refractivity contribution in [3.05, 3.63) is 59.7 Å². The largest absolute Gasteiger partial charge is 0.454 e. The molecule has 0 aromatic heterocycles. The average molecular weight is 355 g/mol. The molecule has 134 valence electrons. The van der Waals surface area contributed by atoms with Crippen LogP contribution in [-0.4, -0.2) is 30.2 Å². The van der Waals surface area contributed by atoms with Crippen LogP contribution in [0.5, 0.6) is 5.75 Å². The van der Waals surface area contributed by atoms with E-state index in [1.165, 1.54) is 50.2 Å². The lowest BCUT2D eigenvalue weighted by molar-refractivity contribution is -0.131. The number of nitrogens with one attached hydrogen (secondary N) is 1. The third kappa shape index (κ3) is 5.55. The minimum atomic E-state index is -0.679. The predicted molar refractivity (Wildman–Crippen MR) is 93.1 cm³/mol. The van der Waals surface area contributed by atoms with Gasteiger partial charge in [-0.25, -0.2) is 4.79 Å². The van der Waals surface area contributed by atoms with Crippen LogP contribution in [0.25, 0.3) is 0 Å².